The molecule has 0 N–H and O–H groups in total. The summed E-state index contributed by atoms with van der Waals surface area (Å²) in [6.45, 7) is 21.1. The minimum Gasteiger partial charge on any atom is -0.736 e. The first kappa shape index (κ1) is 29.5. The number of benzene rings is 2. The normalized spacial score (nSPS) is 15.8. The molecule has 182 valence electrons. The van der Waals surface area contributed by atoms with Crippen LogP contribution in [0, 0.1) is 0 Å². The van der Waals surface area contributed by atoms with Gasteiger partial charge in [0.15, 0.2) is 0 Å². The molecule has 4 nitrogen and oxygen atoms in total. The molecule has 0 spiro atoms. The molecule has 2 aromatic rings. The minimum absolute atomic E-state index is 0. The fraction of sp³-hybridized carbons (Fsp3) is 0.571. The van der Waals surface area contributed by atoms with E-state index in [1.165, 1.54) is 11.1 Å². The van der Waals surface area contributed by atoms with Gasteiger partial charge in [-0.25, -0.2) is 4.57 Å². The minimum atomic E-state index is -4.67. The molecule has 1 aliphatic rings. The standard InChI is InChI=1S/C28H41O4P.Na/c1-17(2)21-13-19-11-12-20-14-22(18(3)4)16-24(28(8,9)10)26(20)32-33(29,30)31-25(19)23(15-21)27(5,6)7;/h13-18H,11-12H2,1-10H3,(H,29,30);/q;+1/p-1. The van der Waals surface area contributed by atoms with Gasteiger partial charge in [-0.1, -0.05) is 93.5 Å². The summed E-state index contributed by atoms with van der Waals surface area (Å²) in [5.74, 6) is 1.51. The van der Waals surface area contributed by atoms with Crippen LogP contribution in [-0.2, 0) is 28.2 Å². The van der Waals surface area contributed by atoms with Gasteiger partial charge in [0.05, 0.1) is 0 Å². The van der Waals surface area contributed by atoms with Crippen LogP contribution in [0.1, 0.15) is 114 Å². The van der Waals surface area contributed by atoms with E-state index in [4.69, 9.17) is 9.05 Å². The summed E-state index contributed by atoms with van der Waals surface area (Å²) in [6, 6.07) is 8.40. The molecule has 0 unspecified atom stereocenters. The van der Waals surface area contributed by atoms with Crippen molar-refractivity contribution in [2.45, 2.75) is 105 Å². The first-order valence-corrected chi connectivity index (χ1v) is 13.5. The van der Waals surface area contributed by atoms with Gasteiger partial charge in [-0.2, -0.15) is 0 Å². The molecule has 0 fully saturated rings. The number of phosphoric ester groups is 1. The van der Waals surface area contributed by atoms with Crippen molar-refractivity contribution in [2.24, 2.45) is 0 Å². The van der Waals surface area contributed by atoms with Gasteiger partial charge in [0.2, 0.25) is 0 Å². The molecule has 0 radical (unpaired) electrons. The quantitative estimate of drug-likeness (QED) is 0.454. The summed E-state index contributed by atoms with van der Waals surface area (Å²) < 4.78 is 24.8. The van der Waals surface area contributed by atoms with Gasteiger partial charge in [0.25, 0.3) is 0 Å². The van der Waals surface area contributed by atoms with E-state index in [-0.39, 0.29) is 40.4 Å². The van der Waals surface area contributed by atoms with Crippen LogP contribution in [0.2, 0.25) is 0 Å². The molecule has 0 aromatic heterocycles. The van der Waals surface area contributed by atoms with Crippen molar-refractivity contribution in [2.75, 3.05) is 0 Å². The zero-order valence-electron chi connectivity index (χ0n) is 23.0. The van der Waals surface area contributed by atoms with E-state index < -0.39 is 7.82 Å². The van der Waals surface area contributed by atoms with Gasteiger partial charge in [-0.15, -0.1) is 0 Å². The second kappa shape index (κ2) is 10.3. The summed E-state index contributed by atoms with van der Waals surface area (Å²) in [7, 11) is -4.67. The summed E-state index contributed by atoms with van der Waals surface area (Å²) in [5.41, 5.74) is 5.46. The van der Waals surface area contributed by atoms with Crippen LogP contribution in [0.4, 0.5) is 0 Å². The molecule has 1 aliphatic heterocycles. The molecule has 3 rings (SSSR count). The van der Waals surface area contributed by atoms with Crippen molar-refractivity contribution < 1.29 is 48.1 Å². The largest absolute Gasteiger partial charge is 1.00 e. The van der Waals surface area contributed by atoms with Crippen LogP contribution < -0.4 is 43.5 Å². The predicted molar refractivity (Wildman–Crippen MR) is 135 cm³/mol. The van der Waals surface area contributed by atoms with Crippen LogP contribution in [0.15, 0.2) is 24.3 Å². The van der Waals surface area contributed by atoms with Crippen LogP contribution in [0.25, 0.3) is 0 Å². The number of rotatable bonds is 2. The van der Waals surface area contributed by atoms with E-state index in [0.29, 0.717) is 36.2 Å². The van der Waals surface area contributed by atoms with E-state index in [0.717, 1.165) is 22.3 Å². The first-order valence-electron chi connectivity index (χ1n) is 12.0. The Kier molecular flexibility index (Phi) is 8.93. The molecule has 0 atom stereocenters. The molecule has 0 saturated heterocycles. The first-order chi connectivity index (χ1) is 15.0. The van der Waals surface area contributed by atoms with E-state index in [2.05, 4.69) is 93.5 Å². The van der Waals surface area contributed by atoms with Crippen molar-refractivity contribution in [3.8, 4) is 11.5 Å². The summed E-state index contributed by atoms with van der Waals surface area (Å²) in [5, 5.41) is 0. The molecule has 1 heterocycles. The smallest absolute Gasteiger partial charge is 0.736 e. The summed E-state index contributed by atoms with van der Waals surface area (Å²) in [4.78, 5) is 13.3. The Balaban J connectivity index is 0.00000408. The SMILES string of the molecule is CC(C)c1cc2c(c(C(C)(C)C)c1)OP(=O)([O-])Oc1c(cc(C(C)C)cc1C(C)(C)C)CC2.[Na+]. The fourth-order valence-corrected chi connectivity index (χ4v) is 5.22. The van der Waals surface area contributed by atoms with Gasteiger partial charge in [0, 0.05) is 11.1 Å². The number of fused-ring (bicyclic) bond motifs is 2. The van der Waals surface area contributed by atoms with Crippen LogP contribution >= 0.6 is 7.82 Å². The van der Waals surface area contributed by atoms with Crippen LogP contribution in [0.5, 0.6) is 11.5 Å². The molecule has 34 heavy (non-hydrogen) atoms. The summed E-state index contributed by atoms with van der Waals surface area (Å²) >= 11 is 0. The Morgan fingerprint density at radius 3 is 1.32 bits per heavy atom. The molecule has 6 heteroatoms. The van der Waals surface area contributed by atoms with Crippen molar-refractivity contribution in [3.05, 3.63) is 57.6 Å². The molecule has 0 aliphatic carbocycles. The number of aryl methyl sites for hydroxylation is 2. The third kappa shape index (κ3) is 6.51. The third-order valence-corrected chi connectivity index (χ3v) is 7.21. The predicted octanol–water partition coefficient (Wildman–Crippen LogP) is 4.56. The number of hydrogen-bond donors (Lipinski definition) is 0. The summed E-state index contributed by atoms with van der Waals surface area (Å²) in [6.07, 6.45) is 1.36. The van der Waals surface area contributed by atoms with Gasteiger partial charge in [0.1, 0.15) is 11.5 Å². The topological polar surface area (TPSA) is 58.6 Å². The van der Waals surface area contributed by atoms with Gasteiger partial charge in [-0.3, -0.25) is 0 Å². The van der Waals surface area contributed by atoms with Crippen molar-refractivity contribution in [1.82, 2.24) is 0 Å². The Morgan fingerprint density at radius 1 is 0.735 bits per heavy atom. The van der Waals surface area contributed by atoms with E-state index in [1.54, 1.807) is 0 Å². The fourth-order valence-electron chi connectivity index (χ4n) is 4.31. The molecular weight excluding hydrogens is 454 g/mol. The van der Waals surface area contributed by atoms with Crippen molar-refractivity contribution in [3.63, 3.8) is 0 Å². The maximum Gasteiger partial charge on any atom is 1.00 e. The van der Waals surface area contributed by atoms with Crippen molar-refractivity contribution in [1.29, 1.82) is 0 Å². The zero-order chi connectivity index (χ0) is 24.9. The number of phosphoric acid groups is 1. The second-order valence-electron chi connectivity index (χ2n) is 12.1. The molecule has 0 bridgehead atoms. The Labute approximate surface area is 228 Å². The molecule has 0 amide bonds. The Bertz CT molecular complexity index is 1010. The molecule has 2 aromatic carbocycles. The van der Waals surface area contributed by atoms with Crippen molar-refractivity contribution >= 4 is 7.82 Å². The Hall–Kier alpha value is -0.770. The van der Waals surface area contributed by atoms with E-state index >= 15 is 0 Å². The van der Waals surface area contributed by atoms with Crippen LogP contribution in [0.3, 0.4) is 0 Å². The van der Waals surface area contributed by atoms with Gasteiger partial charge in [-0.05, 0) is 57.8 Å². The maximum atomic E-state index is 13.3. The second-order valence-corrected chi connectivity index (χ2v) is 13.3. The molecular formula is C28H40NaO4P. The average Bonchev–Trinajstić information content (AvgIpc) is 2.69. The number of hydrogen-bond acceptors (Lipinski definition) is 4. The molecule has 0 saturated carbocycles. The van der Waals surface area contributed by atoms with E-state index in [9.17, 15) is 9.46 Å². The average molecular weight is 495 g/mol. The van der Waals surface area contributed by atoms with Gasteiger partial charge >= 0.3 is 37.4 Å². The van der Waals surface area contributed by atoms with Crippen LogP contribution in [-0.4, -0.2) is 0 Å². The monoisotopic (exact) mass is 494 g/mol. The third-order valence-electron chi connectivity index (χ3n) is 6.40. The van der Waals surface area contributed by atoms with Gasteiger partial charge < -0.3 is 13.9 Å². The van der Waals surface area contributed by atoms with E-state index in [1.807, 2.05) is 0 Å². The maximum absolute atomic E-state index is 13.3. The Morgan fingerprint density at radius 2 is 1.06 bits per heavy atom. The zero-order valence-corrected chi connectivity index (χ0v) is 25.9.